The number of carbonyl (C=O) groups excluding carboxylic acids is 2. The SMILES string of the molecule is Cc1ccccc1-n1nc(C(=O)OCC(=O)c2ccc(Cl)cc2)nc1-c1ccccc1. The number of benzene rings is 3. The van der Waals surface area contributed by atoms with Crippen molar-refractivity contribution >= 4 is 23.4 Å². The van der Waals surface area contributed by atoms with Crippen molar-refractivity contribution in [3.63, 3.8) is 0 Å². The second-order valence-corrected chi connectivity index (χ2v) is 7.27. The second-order valence-electron chi connectivity index (χ2n) is 6.83. The lowest BCUT2D eigenvalue weighted by Gasteiger charge is -2.08. The number of aryl methyl sites for hydroxylation is 1. The van der Waals surface area contributed by atoms with E-state index in [0.29, 0.717) is 16.4 Å². The molecule has 154 valence electrons. The van der Waals surface area contributed by atoms with Crippen molar-refractivity contribution in [1.29, 1.82) is 0 Å². The number of aromatic nitrogens is 3. The Morgan fingerprint density at radius 1 is 0.935 bits per heavy atom. The van der Waals surface area contributed by atoms with Gasteiger partial charge in [-0.1, -0.05) is 60.1 Å². The van der Waals surface area contributed by atoms with E-state index in [1.807, 2.05) is 61.5 Å². The van der Waals surface area contributed by atoms with Crippen LogP contribution in [0.1, 0.15) is 26.5 Å². The molecule has 0 spiro atoms. The number of hydrogen-bond acceptors (Lipinski definition) is 5. The van der Waals surface area contributed by atoms with E-state index in [-0.39, 0.29) is 11.6 Å². The Labute approximate surface area is 184 Å². The number of nitrogens with zero attached hydrogens (tertiary/aromatic N) is 3. The van der Waals surface area contributed by atoms with Gasteiger partial charge in [0.05, 0.1) is 5.69 Å². The predicted molar refractivity (Wildman–Crippen MR) is 118 cm³/mol. The number of para-hydroxylation sites is 1. The molecule has 1 aromatic heterocycles. The number of ketones is 1. The lowest BCUT2D eigenvalue weighted by Crippen LogP contribution is -2.15. The molecule has 3 aromatic carbocycles. The largest absolute Gasteiger partial charge is 0.451 e. The maximum atomic E-state index is 12.6. The van der Waals surface area contributed by atoms with Gasteiger partial charge in [0.25, 0.3) is 5.82 Å². The summed E-state index contributed by atoms with van der Waals surface area (Å²) in [5.41, 5.74) is 2.97. The van der Waals surface area contributed by atoms with Gasteiger partial charge in [-0.2, -0.15) is 0 Å². The Kier molecular flexibility index (Phi) is 5.91. The molecule has 0 aliphatic heterocycles. The van der Waals surface area contributed by atoms with Gasteiger partial charge in [0.1, 0.15) is 0 Å². The maximum Gasteiger partial charge on any atom is 0.378 e. The fourth-order valence-corrected chi connectivity index (χ4v) is 3.18. The Hall–Kier alpha value is -3.77. The highest BCUT2D eigenvalue weighted by Crippen LogP contribution is 2.23. The fourth-order valence-electron chi connectivity index (χ4n) is 3.06. The van der Waals surface area contributed by atoms with Gasteiger partial charge in [0.2, 0.25) is 0 Å². The topological polar surface area (TPSA) is 74.1 Å². The van der Waals surface area contributed by atoms with E-state index in [9.17, 15) is 9.59 Å². The van der Waals surface area contributed by atoms with Crippen molar-refractivity contribution in [2.75, 3.05) is 6.61 Å². The molecule has 6 nitrogen and oxygen atoms in total. The minimum Gasteiger partial charge on any atom is -0.451 e. The van der Waals surface area contributed by atoms with Crippen LogP contribution in [0.3, 0.4) is 0 Å². The van der Waals surface area contributed by atoms with Crippen molar-refractivity contribution in [2.24, 2.45) is 0 Å². The fraction of sp³-hybridized carbons (Fsp3) is 0.0833. The molecule has 0 atom stereocenters. The zero-order valence-corrected chi connectivity index (χ0v) is 17.4. The molecule has 0 bridgehead atoms. The van der Waals surface area contributed by atoms with Crippen molar-refractivity contribution in [2.45, 2.75) is 6.92 Å². The summed E-state index contributed by atoms with van der Waals surface area (Å²) in [6.07, 6.45) is 0. The molecule has 0 fully saturated rings. The molecule has 0 saturated carbocycles. The van der Waals surface area contributed by atoms with Crippen LogP contribution in [0.4, 0.5) is 0 Å². The van der Waals surface area contributed by atoms with Crippen LogP contribution >= 0.6 is 11.6 Å². The summed E-state index contributed by atoms with van der Waals surface area (Å²) >= 11 is 5.84. The molecular weight excluding hydrogens is 414 g/mol. The Balaban J connectivity index is 1.61. The molecule has 0 unspecified atom stereocenters. The zero-order chi connectivity index (χ0) is 21.8. The number of rotatable bonds is 6. The van der Waals surface area contributed by atoms with Crippen LogP contribution in [0.25, 0.3) is 17.1 Å². The summed E-state index contributed by atoms with van der Waals surface area (Å²) in [4.78, 5) is 29.3. The average molecular weight is 432 g/mol. The highest BCUT2D eigenvalue weighted by molar-refractivity contribution is 6.30. The zero-order valence-electron chi connectivity index (χ0n) is 16.7. The van der Waals surface area contributed by atoms with Crippen molar-refractivity contribution in [1.82, 2.24) is 14.8 Å². The first kappa shape index (κ1) is 20.5. The van der Waals surface area contributed by atoms with E-state index in [1.165, 1.54) is 0 Å². The Morgan fingerprint density at radius 3 is 2.32 bits per heavy atom. The molecule has 0 aliphatic rings. The highest BCUT2D eigenvalue weighted by atomic mass is 35.5. The monoisotopic (exact) mass is 431 g/mol. The van der Waals surface area contributed by atoms with Crippen LogP contribution in [0.2, 0.25) is 5.02 Å². The van der Waals surface area contributed by atoms with E-state index < -0.39 is 12.6 Å². The van der Waals surface area contributed by atoms with Crippen LogP contribution in [-0.4, -0.2) is 33.1 Å². The maximum absolute atomic E-state index is 12.6. The van der Waals surface area contributed by atoms with Crippen LogP contribution in [0, 0.1) is 6.92 Å². The quantitative estimate of drug-likeness (QED) is 0.319. The molecule has 0 radical (unpaired) electrons. The Bertz CT molecular complexity index is 1230. The number of Topliss-reactive ketones (excluding diaryl/α,β-unsaturated/α-hetero) is 1. The predicted octanol–water partition coefficient (Wildman–Crippen LogP) is 4.94. The molecule has 0 saturated heterocycles. The third-order valence-corrected chi connectivity index (χ3v) is 4.92. The molecule has 0 N–H and O–H groups in total. The number of ether oxygens (including phenoxy) is 1. The Morgan fingerprint density at radius 2 is 1.61 bits per heavy atom. The third-order valence-electron chi connectivity index (χ3n) is 4.67. The molecular formula is C24H18ClN3O3. The molecule has 0 aliphatic carbocycles. The van der Waals surface area contributed by atoms with Crippen molar-refractivity contribution in [3.8, 4) is 17.1 Å². The average Bonchev–Trinajstić information content (AvgIpc) is 3.24. The van der Waals surface area contributed by atoms with Crippen molar-refractivity contribution < 1.29 is 14.3 Å². The highest BCUT2D eigenvalue weighted by Gasteiger charge is 2.21. The molecule has 0 amide bonds. The number of carbonyl (C=O) groups is 2. The summed E-state index contributed by atoms with van der Waals surface area (Å²) < 4.78 is 6.80. The van der Waals surface area contributed by atoms with Crippen molar-refractivity contribution in [3.05, 3.63) is 101 Å². The van der Waals surface area contributed by atoms with Gasteiger partial charge in [0, 0.05) is 16.1 Å². The van der Waals surface area contributed by atoms with Crippen LogP contribution in [-0.2, 0) is 4.74 Å². The van der Waals surface area contributed by atoms with E-state index in [0.717, 1.165) is 16.8 Å². The third kappa shape index (κ3) is 4.54. The van der Waals surface area contributed by atoms with Gasteiger partial charge in [-0.25, -0.2) is 14.5 Å². The number of halogens is 1. The summed E-state index contributed by atoms with van der Waals surface area (Å²) in [5, 5.41) is 4.90. The van der Waals surface area contributed by atoms with Gasteiger partial charge in [-0.05, 0) is 42.8 Å². The van der Waals surface area contributed by atoms with E-state index in [2.05, 4.69) is 10.1 Å². The summed E-state index contributed by atoms with van der Waals surface area (Å²) in [7, 11) is 0. The molecule has 1 heterocycles. The summed E-state index contributed by atoms with van der Waals surface area (Å²) in [5.74, 6) is -0.727. The first-order valence-corrected chi connectivity index (χ1v) is 9.95. The standard InChI is InChI=1S/C24H18ClN3O3/c1-16-7-5-6-10-20(16)28-23(18-8-3-2-4-9-18)26-22(27-28)24(30)31-15-21(29)17-11-13-19(25)14-12-17/h2-14H,15H2,1H3. The second kappa shape index (κ2) is 8.93. The minimum absolute atomic E-state index is 0.119. The summed E-state index contributed by atoms with van der Waals surface area (Å²) in [6.45, 7) is 1.54. The number of hydrogen-bond donors (Lipinski definition) is 0. The van der Waals surface area contributed by atoms with E-state index >= 15 is 0 Å². The van der Waals surface area contributed by atoms with Crippen LogP contribution in [0.5, 0.6) is 0 Å². The molecule has 31 heavy (non-hydrogen) atoms. The van der Waals surface area contributed by atoms with Crippen LogP contribution < -0.4 is 0 Å². The smallest absolute Gasteiger partial charge is 0.378 e. The first-order chi connectivity index (χ1) is 15.0. The minimum atomic E-state index is -0.771. The normalized spacial score (nSPS) is 10.6. The van der Waals surface area contributed by atoms with E-state index in [1.54, 1.807) is 28.9 Å². The van der Waals surface area contributed by atoms with Gasteiger partial charge in [-0.15, -0.1) is 5.10 Å². The van der Waals surface area contributed by atoms with Gasteiger partial charge in [0.15, 0.2) is 18.2 Å². The van der Waals surface area contributed by atoms with Gasteiger partial charge in [-0.3, -0.25) is 4.79 Å². The van der Waals surface area contributed by atoms with E-state index in [4.69, 9.17) is 16.3 Å². The lowest BCUT2D eigenvalue weighted by molar-refractivity contribution is 0.0462. The summed E-state index contributed by atoms with van der Waals surface area (Å²) in [6, 6.07) is 23.5. The molecule has 7 heteroatoms. The van der Waals surface area contributed by atoms with Gasteiger partial charge < -0.3 is 4.74 Å². The molecule has 4 aromatic rings. The first-order valence-electron chi connectivity index (χ1n) is 9.57. The number of esters is 1. The molecule has 4 rings (SSSR count). The van der Waals surface area contributed by atoms with Crippen LogP contribution in [0.15, 0.2) is 78.9 Å². The van der Waals surface area contributed by atoms with Gasteiger partial charge >= 0.3 is 5.97 Å². The lowest BCUT2D eigenvalue weighted by atomic mass is 10.1.